The Morgan fingerprint density at radius 1 is 1.19 bits per heavy atom. The van der Waals surface area contributed by atoms with E-state index in [9.17, 15) is 4.79 Å². The molecule has 0 saturated heterocycles. The third kappa shape index (κ3) is 3.01. The van der Waals surface area contributed by atoms with Crippen molar-refractivity contribution in [1.82, 2.24) is 4.90 Å². The van der Waals surface area contributed by atoms with Gasteiger partial charge in [-0.05, 0) is 58.7 Å². The molecule has 0 atom stereocenters. The van der Waals surface area contributed by atoms with E-state index in [0.717, 1.165) is 29.7 Å². The van der Waals surface area contributed by atoms with Crippen LogP contribution < -0.4 is 5.32 Å². The second-order valence-corrected chi connectivity index (χ2v) is 6.22. The molecule has 3 rings (SSSR count). The normalized spacial score (nSPS) is 14.6. The van der Waals surface area contributed by atoms with Crippen molar-refractivity contribution < 1.29 is 4.79 Å². The lowest BCUT2D eigenvalue weighted by molar-refractivity contribution is 0.102. The lowest BCUT2D eigenvalue weighted by atomic mass is 9.98. The van der Waals surface area contributed by atoms with Crippen molar-refractivity contribution in [3.05, 3.63) is 63.6 Å². The minimum atomic E-state index is -0.0743. The smallest absolute Gasteiger partial charge is 0.256 e. The topological polar surface area (TPSA) is 32.3 Å². The third-order valence-electron chi connectivity index (χ3n) is 3.82. The van der Waals surface area contributed by atoms with E-state index in [1.165, 1.54) is 11.1 Å². The van der Waals surface area contributed by atoms with Crippen LogP contribution in [0, 0.1) is 0 Å². The Morgan fingerprint density at radius 3 is 2.81 bits per heavy atom. The van der Waals surface area contributed by atoms with Gasteiger partial charge in [-0.2, -0.15) is 0 Å². The van der Waals surface area contributed by atoms with Gasteiger partial charge in [0.15, 0.2) is 0 Å². The highest BCUT2D eigenvalue weighted by molar-refractivity contribution is 9.10. The van der Waals surface area contributed by atoms with Gasteiger partial charge in [0.2, 0.25) is 0 Å². The van der Waals surface area contributed by atoms with E-state index in [1.807, 2.05) is 36.4 Å². The molecule has 3 nitrogen and oxygen atoms in total. The number of anilines is 1. The highest BCUT2D eigenvalue weighted by Gasteiger charge is 2.18. The van der Waals surface area contributed by atoms with Gasteiger partial charge in [-0.3, -0.25) is 4.79 Å². The van der Waals surface area contributed by atoms with Crippen LogP contribution in [0.3, 0.4) is 0 Å². The zero-order valence-corrected chi connectivity index (χ0v) is 13.5. The van der Waals surface area contributed by atoms with Crippen molar-refractivity contribution in [3.63, 3.8) is 0 Å². The summed E-state index contributed by atoms with van der Waals surface area (Å²) >= 11 is 3.43. The van der Waals surface area contributed by atoms with Crippen molar-refractivity contribution in [2.24, 2.45) is 0 Å². The van der Waals surface area contributed by atoms with Crippen molar-refractivity contribution >= 4 is 27.5 Å². The van der Waals surface area contributed by atoms with E-state index < -0.39 is 0 Å². The maximum Gasteiger partial charge on any atom is 0.256 e. The number of hydrogen-bond acceptors (Lipinski definition) is 2. The van der Waals surface area contributed by atoms with Crippen LogP contribution in [-0.2, 0) is 13.0 Å². The molecule has 0 saturated carbocycles. The van der Waals surface area contributed by atoms with Crippen LogP contribution in [0.1, 0.15) is 21.5 Å². The first-order chi connectivity index (χ1) is 10.1. The van der Waals surface area contributed by atoms with E-state index >= 15 is 0 Å². The predicted molar refractivity (Wildman–Crippen MR) is 88.6 cm³/mol. The first kappa shape index (κ1) is 14.3. The summed E-state index contributed by atoms with van der Waals surface area (Å²) in [5, 5.41) is 3.05. The Balaban J connectivity index is 1.88. The molecule has 2 aromatic rings. The number of nitrogens with one attached hydrogen (secondary N) is 1. The number of carbonyl (C=O) groups excluding carboxylic acids is 1. The standard InChI is InChI=1S/C17H17BrN2O/c1-20-10-9-13-12(11-20)5-4-8-16(13)19-17(21)14-6-2-3-7-15(14)18/h2-8H,9-11H2,1H3,(H,19,21). The minimum absolute atomic E-state index is 0.0743. The second-order valence-electron chi connectivity index (χ2n) is 5.37. The fraction of sp³-hybridized carbons (Fsp3) is 0.235. The fourth-order valence-electron chi connectivity index (χ4n) is 2.70. The molecule has 1 amide bonds. The molecule has 0 radical (unpaired) electrons. The molecule has 0 bridgehead atoms. The van der Waals surface area contributed by atoms with Gasteiger partial charge < -0.3 is 10.2 Å². The number of rotatable bonds is 2. The summed E-state index contributed by atoms with van der Waals surface area (Å²) in [4.78, 5) is 14.7. The second kappa shape index (κ2) is 6.00. The molecule has 0 unspecified atom stereocenters. The number of benzene rings is 2. The monoisotopic (exact) mass is 344 g/mol. The maximum absolute atomic E-state index is 12.4. The van der Waals surface area contributed by atoms with E-state index in [-0.39, 0.29) is 5.91 Å². The number of nitrogens with zero attached hydrogens (tertiary/aromatic N) is 1. The number of carbonyl (C=O) groups is 1. The molecule has 0 fully saturated rings. The Bertz CT molecular complexity index is 684. The highest BCUT2D eigenvalue weighted by Crippen LogP contribution is 2.26. The predicted octanol–water partition coefficient (Wildman–Crippen LogP) is 3.69. The molecule has 108 valence electrons. The van der Waals surface area contributed by atoms with E-state index in [1.54, 1.807) is 0 Å². The van der Waals surface area contributed by atoms with Gasteiger partial charge in [0, 0.05) is 23.2 Å². The minimum Gasteiger partial charge on any atom is -0.322 e. The van der Waals surface area contributed by atoms with E-state index in [0.29, 0.717) is 5.56 Å². The SMILES string of the molecule is CN1CCc2c(cccc2NC(=O)c2ccccc2Br)C1. The molecular weight excluding hydrogens is 328 g/mol. The average Bonchev–Trinajstić information content (AvgIpc) is 2.47. The van der Waals surface area contributed by atoms with Crippen LogP contribution in [0.25, 0.3) is 0 Å². The van der Waals surface area contributed by atoms with Gasteiger partial charge in [-0.15, -0.1) is 0 Å². The maximum atomic E-state index is 12.4. The number of amides is 1. The van der Waals surface area contributed by atoms with Gasteiger partial charge in [-0.25, -0.2) is 0 Å². The summed E-state index contributed by atoms with van der Waals surface area (Å²) in [6, 6.07) is 13.6. The Labute approximate surface area is 133 Å². The zero-order valence-electron chi connectivity index (χ0n) is 11.9. The quantitative estimate of drug-likeness (QED) is 0.900. The molecular formula is C17H17BrN2O. The molecule has 1 heterocycles. The average molecular weight is 345 g/mol. The molecule has 2 aromatic carbocycles. The van der Waals surface area contributed by atoms with Crippen molar-refractivity contribution in [3.8, 4) is 0 Å². The summed E-state index contributed by atoms with van der Waals surface area (Å²) in [5.41, 5.74) is 4.15. The largest absolute Gasteiger partial charge is 0.322 e. The lowest BCUT2D eigenvalue weighted by Gasteiger charge is -2.26. The summed E-state index contributed by atoms with van der Waals surface area (Å²) in [6.07, 6.45) is 0.970. The van der Waals surface area contributed by atoms with Crippen molar-refractivity contribution in [2.75, 3.05) is 18.9 Å². The van der Waals surface area contributed by atoms with Gasteiger partial charge in [0.25, 0.3) is 5.91 Å². The van der Waals surface area contributed by atoms with E-state index in [2.05, 4.69) is 39.3 Å². The van der Waals surface area contributed by atoms with Gasteiger partial charge in [0.05, 0.1) is 5.56 Å². The van der Waals surface area contributed by atoms with Crippen LogP contribution in [0.5, 0.6) is 0 Å². The molecule has 0 aromatic heterocycles. The highest BCUT2D eigenvalue weighted by atomic mass is 79.9. The molecule has 0 spiro atoms. The molecule has 1 N–H and O–H groups in total. The van der Waals surface area contributed by atoms with Crippen LogP contribution in [0.4, 0.5) is 5.69 Å². The van der Waals surface area contributed by atoms with Gasteiger partial charge >= 0.3 is 0 Å². The lowest BCUT2D eigenvalue weighted by Crippen LogP contribution is -2.27. The zero-order chi connectivity index (χ0) is 14.8. The van der Waals surface area contributed by atoms with Crippen molar-refractivity contribution in [1.29, 1.82) is 0 Å². The number of likely N-dealkylation sites (N-methyl/N-ethyl adjacent to an activating group) is 1. The van der Waals surface area contributed by atoms with Crippen LogP contribution in [-0.4, -0.2) is 24.4 Å². The first-order valence-electron chi connectivity index (χ1n) is 7.00. The molecule has 0 aliphatic carbocycles. The molecule has 1 aliphatic heterocycles. The summed E-state index contributed by atoms with van der Waals surface area (Å²) in [5.74, 6) is -0.0743. The molecule has 21 heavy (non-hydrogen) atoms. The first-order valence-corrected chi connectivity index (χ1v) is 7.79. The number of hydrogen-bond donors (Lipinski definition) is 1. The van der Waals surface area contributed by atoms with Crippen LogP contribution in [0.2, 0.25) is 0 Å². The Kier molecular flexibility index (Phi) is 4.08. The number of halogens is 1. The van der Waals surface area contributed by atoms with E-state index in [4.69, 9.17) is 0 Å². The van der Waals surface area contributed by atoms with Gasteiger partial charge in [-0.1, -0.05) is 24.3 Å². The van der Waals surface area contributed by atoms with Gasteiger partial charge in [0.1, 0.15) is 0 Å². The van der Waals surface area contributed by atoms with Crippen molar-refractivity contribution in [2.45, 2.75) is 13.0 Å². The summed E-state index contributed by atoms with van der Waals surface area (Å²) < 4.78 is 0.812. The van der Waals surface area contributed by atoms with Crippen LogP contribution >= 0.6 is 15.9 Å². The molecule has 4 heteroatoms. The summed E-state index contributed by atoms with van der Waals surface area (Å²) in [7, 11) is 2.12. The third-order valence-corrected chi connectivity index (χ3v) is 4.52. The number of fused-ring (bicyclic) bond motifs is 1. The molecule has 1 aliphatic rings. The van der Waals surface area contributed by atoms with Crippen LogP contribution in [0.15, 0.2) is 46.9 Å². The fourth-order valence-corrected chi connectivity index (χ4v) is 3.17. The Morgan fingerprint density at radius 2 is 2.00 bits per heavy atom. The Hall–Kier alpha value is -1.65. The summed E-state index contributed by atoms with van der Waals surface area (Å²) in [6.45, 7) is 1.96.